The summed E-state index contributed by atoms with van der Waals surface area (Å²) in [6.07, 6.45) is 8.30. The van der Waals surface area contributed by atoms with Crippen molar-refractivity contribution in [2.24, 2.45) is 0 Å². The topological polar surface area (TPSA) is 77.4 Å². The Morgan fingerprint density at radius 3 is 2.31 bits per heavy atom. The molecule has 1 heterocycles. The minimum Gasteiger partial charge on any atom is -0.381 e. The monoisotopic (exact) mass is 420 g/mol. The lowest BCUT2D eigenvalue weighted by Gasteiger charge is -2.27. The van der Waals surface area contributed by atoms with E-state index in [1.807, 2.05) is 14.0 Å². The Morgan fingerprint density at radius 1 is 1.07 bits per heavy atom. The van der Waals surface area contributed by atoms with Crippen molar-refractivity contribution in [1.29, 1.82) is 0 Å². The number of pyridine rings is 1. The Kier molecular flexibility index (Phi) is 9.07. The zero-order valence-electron chi connectivity index (χ0n) is 17.5. The number of aromatic nitrogens is 1. The van der Waals surface area contributed by atoms with Crippen LogP contribution < -0.4 is 10.3 Å². The fraction of sp³-hybridized carbons (Fsp3) is 0.500. The molecule has 1 aliphatic carbocycles. The number of ether oxygens (including phenoxy) is 1. The lowest BCUT2D eigenvalue weighted by Crippen LogP contribution is -2.29. The molecule has 0 unspecified atom stereocenters. The first kappa shape index (κ1) is 23.3. The van der Waals surface area contributed by atoms with E-state index in [0.29, 0.717) is 12.6 Å². The molecule has 0 spiro atoms. The number of sulfonamides is 1. The van der Waals surface area contributed by atoms with Crippen LogP contribution in [0.1, 0.15) is 42.7 Å². The quantitative estimate of drug-likeness (QED) is 0.779. The van der Waals surface area contributed by atoms with Crippen LogP contribution in [-0.2, 0) is 21.3 Å². The van der Waals surface area contributed by atoms with Gasteiger partial charge in [-0.1, -0.05) is 36.4 Å². The summed E-state index contributed by atoms with van der Waals surface area (Å²) in [6, 6.07) is 14.0. The predicted octanol–water partition coefficient (Wildman–Crippen LogP) is 3.07. The van der Waals surface area contributed by atoms with Crippen LogP contribution in [0.2, 0.25) is 0 Å². The molecule has 0 atom stereocenters. The summed E-state index contributed by atoms with van der Waals surface area (Å²) in [6.45, 7) is 2.44. The van der Waals surface area contributed by atoms with E-state index in [4.69, 9.17) is 4.74 Å². The lowest BCUT2D eigenvalue weighted by molar-refractivity contribution is 0.0659. The molecule has 0 radical (unpaired) electrons. The van der Waals surface area contributed by atoms with Gasteiger partial charge in [0.1, 0.15) is 0 Å². The van der Waals surface area contributed by atoms with Crippen molar-refractivity contribution in [2.45, 2.75) is 51.2 Å². The second-order valence-electron chi connectivity index (χ2n) is 7.52. The third kappa shape index (κ3) is 8.51. The molecule has 29 heavy (non-hydrogen) atoms. The van der Waals surface area contributed by atoms with Crippen LogP contribution in [-0.4, -0.2) is 39.0 Å². The molecule has 0 saturated heterocycles. The number of nitrogens with zero attached hydrogens (tertiary/aromatic N) is 1. The largest absolute Gasteiger partial charge is 0.381 e. The lowest BCUT2D eigenvalue weighted by atomic mass is 9.83. The zero-order valence-corrected chi connectivity index (χ0v) is 18.3. The number of rotatable bonds is 6. The molecule has 0 bridgehead atoms. The average molecular weight is 421 g/mol. The molecule has 1 aliphatic rings. The van der Waals surface area contributed by atoms with Crippen LogP contribution in [0.5, 0.6) is 0 Å². The summed E-state index contributed by atoms with van der Waals surface area (Å²) >= 11 is 0. The van der Waals surface area contributed by atoms with Gasteiger partial charge in [0.25, 0.3) is 5.56 Å². The van der Waals surface area contributed by atoms with Gasteiger partial charge in [-0.15, -0.1) is 0 Å². The van der Waals surface area contributed by atoms with Crippen LogP contribution in [0.4, 0.5) is 0 Å². The van der Waals surface area contributed by atoms with Gasteiger partial charge in [0.15, 0.2) is 0 Å². The number of hydrogen-bond donors (Lipinski definition) is 1. The molecule has 7 heteroatoms. The molecular formula is C22H32N2O4S. The Hall–Kier alpha value is -1.96. The van der Waals surface area contributed by atoms with E-state index in [1.165, 1.54) is 41.9 Å². The number of nitrogens with one attached hydrogen (secondary N) is 1. The Bertz CT molecular complexity index is 902. The van der Waals surface area contributed by atoms with Crippen LogP contribution in [0.15, 0.2) is 53.5 Å². The second kappa shape index (κ2) is 11.3. The van der Waals surface area contributed by atoms with Crippen LogP contribution in [0.25, 0.3) is 0 Å². The van der Waals surface area contributed by atoms with E-state index in [-0.39, 0.29) is 12.1 Å². The summed E-state index contributed by atoms with van der Waals surface area (Å²) in [7, 11) is -1.36. The molecule has 1 saturated carbocycles. The number of methoxy groups -OCH3 is 1. The summed E-state index contributed by atoms with van der Waals surface area (Å²) in [4.78, 5) is 11.3. The fourth-order valence-corrected chi connectivity index (χ4v) is 4.00. The van der Waals surface area contributed by atoms with Crippen molar-refractivity contribution in [3.63, 3.8) is 0 Å². The maximum atomic E-state index is 11.3. The highest BCUT2D eigenvalue weighted by molar-refractivity contribution is 7.88. The van der Waals surface area contributed by atoms with E-state index in [0.717, 1.165) is 17.7 Å². The van der Waals surface area contributed by atoms with Gasteiger partial charge in [0.2, 0.25) is 10.0 Å². The van der Waals surface area contributed by atoms with Gasteiger partial charge in [0, 0.05) is 32.5 Å². The first-order chi connectivity index (χ1) is 13.8. The molecule has 2 aromatic rings. The van der Waals surface area contributed by atoms with Crippen LogP contribution in [0, 0.1) is 6.92 Å². The van der Waals surface area contributed by atoms with Crippen molar-refractivity contribution >= 4 is 10.0 Å². The standard InChI is InChI=1S/C13H18O.C9H14N2O3S/c1-14-13-9-7-12(8-10-13)11-5-3-2-4-6-11;1-8-3-4-9(12)11(7-8)6-5-10-15(2,13)14/h2-6,12-13H,7-10H2,1H3;3-4,7,10H,5-6H2,1-2H3. The normalized spacial score (nSPS) is 19.3. The highest BCUT2D eigenvalue weighted by atomic mass is 32.2. The van der Waals surface area contributed by atoms with Gasteiger partial charge < -0.3 is 9.30 Å². The van der Waals surface area contributed by atoms with E-state index >= 15 is 0 Å². The van der Waals surface area contributed by atoms with E-state index in [9.17, 15) is 13.2 Å². The maximum absolute atomic E-state index is 11.3. The zero-order chi connectivity index (χ0) is 21.3. The van der Waals surface area contributed by atoms with Crippen LogP contribution >= 0.6 is 0 Å². The van der Waals surface area contributed by atoms with E-state index in [2.05, 4.69) is 35.1 Å². The maximum Gasteiger partial charge on any atom is 0.250 e. The van der Waals surface area contributed by atoms with Crippen LogP contribution in [0.3, 0.4) is 0 Å². The van der Waals surface area contributed by atoms with Crippen molar-refractivity contribution in [3.05, 3.63) is 70.1 Å². The molecular weight excluding hydrogens is 388 g/mol. The molecule has 1 aromatic carbocycles. The van der Waals surface area contributed by atoms with Gasteiger partial charge in [-0.25, -0.2) is 13.1 Å². The number of benzene rings is 1. The van der Waals surface area contributed by atoms with Gasteiger partial charge in [-0.05, 0) is 49.7 Å². The smallest absolute Gasteiger partial charge is 0.250 e. The first-order valence-electron chi connectivity index (χ1n) is 9.98. The first-order valence-corrected chi connectivity index (χ1v) is 11.9. The average Bonchev–Trinajstić information content (AvgIpc) is 2.71. The highest BCUT2D eigenvalue weighted by Crippen LogP contribution is 2.33. The third-order valence-corrected chi connectivity index (χ3v) is 5.86. The Labute approximate surface area is 174 Å². The Morgan fingerprint density at radius 2 is 1.72 bits per heavy atom. The SMILES string of the molecule is COC1CCC(c2ccccc2)CC1.Cc1ccc(=O)n(CCNS(C)(=O)=O)c1. The molecule has 6 nitrogen and oxygen atoms in total. The minimum atomic E-state index is -3.18. The number of aryl methyl sites for hydroxylation is 1. The van der Waals surface area contributed by atoms with E-state index in [1.54, 1.807) is 12.3 Å². The molecule has 3 rings (SSSR count). The molecule has 160 valence electrons. The minimum absolute atomic E-state index is 0.129. The van der Waals surface area contributed by atoms with Gasteiger partial charge in [-0.2, -0.15) is 0 Å². The summed E-state index contributed by atoms with van der Waals surface area (Å²) in [5.41, 5.74) is 2.34. The van der Waals surface area contributed by atoms with Gasteiger partial charge >= 0.3 is 0 Å². The van der Waals surface area contributed by atoms with Crippen molar-refractivity contribution in [2.75, 3.05) is 19.9 Å². The predicted molar refractivity (Wildman–Crippen MR) is 117 cm³/mol. The number of hydrogen-bond acceptors (Lipinski definition) is 4. The van der Waals surface area contributed by atoms with Crippen molar-refractivity contribution in [1.82, 2.24) is 9.29 Å². The van der Waals surface area contributed by atoms with Crippen molar-refractivity contribution in [3.8, 4) is 0 Å². The molecule has 1 N–H and O–H groups in total. The molecule has 1 fully saturated rings. The van der Waals surface area contributed by atoms with Gasteiger partial charge in [0.05, 0.1) is 12.4 Å². The third-order valence-electron chi connectivity index (χ3n) is 5.13. The van der Waals surface area contributed by atoms with E-state index < -0.39 is 10.0 Å². The van der Waals surface area contributed by atoms with Gasteiger partial charge in [-0.3, -0.25) is 4.79 Å². The molecule has 1 aromatic heterocycles. The summed E-state index contributed by atoms with van der Waals surface area (Å²) in [5, 5.41) is 0. The fourth-order valence-electron chi connectivity index (χ4n) is 3.53. The summed E-state index contributed by atoms with van der Waals surface area (Å²) in [5.74, 6) is 0.766. The van der Waals surface area contributed by atoms with Crippen molar-refractivity contribution < 1.29 is 13.2 Å². The molecule has 0 aliphatic heterocycles. The Balaban J connectivity index is 0.000000207. The second-order valence-corrected chi connectivity index (χ2v) is 9.36. The highest BCUT2D eigenvalue weighted by Gasteiger charge is 2.21. The summed E-state index contributed by atoms with van der Waals surface area (Å²) < 4.78 is 30.7. The molecule has 0 amide bonds.